The highest BCUT2D eigenvalue weighted by Crippen LogP contribution is 2.40. The minimum Gasteiger partial charge on any atom is -0.462 e. The summed E-state index contributed by atoms with van der Waals surface area (Å²) >= 11 is 1.34. The van der Waals surface area contributed by atoms with Crippen molar-refractivity contribution in [2.75, 3.05) is 16.6 Å². The quantitative estimate of drug-likeness (QED) is 0.325. The molecule has 212 valence electrons. The summed E-state index contributed by atoms with van der Waals surface area (Å²) in [7, 11) is -3.97. The first kappa shape index (κ1) is 29.3. The molecule has 2 atom stereocenters. The van der Waals surface area contributed by atoms with E-state index in [0.717, 1.165) is 35.3 Å². The van der Waals surface area contributed by atoms with Crippen molar-refractivity contribution in [2.24, 2.45) is 5.92 Å². The number of thiophene rings is 1. The third kappa shape index (κ3) is 6.71. The zero-order valence-corrected chi connectivity index (χ0v) is 24.4. The van der Waals surface area contributed by atoms with Crippen LogP contribution >= 0.6 is 11.3 Å². The molecular formula is C29H32N2O7S2. The predicted octanol–water partition coefficient (Wildman–Crippen LogP) is 5.34. The van der Waals surface area contributed by atoms with Crippen LogP contribution in [0.15, 0.2) is 53.4 Å². The lowest BCUT2D eigenvalue weighted by molar-refractivity contribution is -0.123. The van der Waals surface area contributed by atoms with Gasteiger partial charge in [-0.1, -0.05) is 30.7 Å². The first-order chi connectivity index (χ1) is 19.0. The fourth-order valence-corrected chi connectivity index (χ4v) is 6.89. The van der Waals surface area contributed by atoms with E-state index in [-0.39, 0.29) is 17.1 Å². The molecule has 1 aliphatic carbocycles. The molecule has 0 radical (unpaired) electrons. The van der Waals surface area contributed by atoms with E-state index < -0.39 is 34.0 Å². The Labute approximate surface area is 237 Å². The van der Waals surface area contributed by atoms with Crippen molar-refractivity contribution in [3.05, 3.63) is 75.7 Å². The molecule has 11 heteroatoms. The monoisotopic (exact) mass is 584 g/mol. The van der Waals surface area contributed by atoms with E-state index in [1.807, 2.05) is 6.92 Å². The summed E-state index contributed by atoms with van der Waals surface area (Å²) in [5.41, 5.74) is 2.60. The molecule has 0 spiro atoms. The predicted molar refractivity (Wildman–Crippen MR) is 153 cm³/mol. The van der Waals surface area contributed by atoms with Crippen molar-refractivity contribution >= 4 is 49.9 Å². The van der Waals surface area contributed by atoms with Crippen molar-refractivity contribution in [1.82, 2.24) is 0 Å². The molecule has 0 saturated carbocycles. The van der Waals surface area contributed by atoms with Crippen LogP contribution in [0.5, 0.6) is 0 Å². The summed E-state index contributed by atoms with van der Waals surface area (Å²) in [6.45, 7) is 7.37. The standard InChI is InChI=1S/C29H32N2O7S2/c1-5-37-29(34)25-23-14-11-18(3)15-24(23)39-27(25)30-26(32)19(4)38-28(33)20-7-6-8-22(16-20)40(35,36)31-21-12-9-17(2)10-13-21/h6-10,12-13,16,18-19,31H,5,11,14-15H2,1-4H3,(H,30,32)/t18-,19-/m1/s1. The van der Waals surface area contributed by atoms with E-state index in [9.17, 15) is 22.8 Å². The Hall–Kier alpha value is -3.70. The number of anilines is 2. The van der Waals surface area contributed by atoms with Crippen molar-refractivity contribution in [2.45, 2.75) is 58.0 Å². The van der Waals surface area contributed by atoms with E-state index >= 15 is 0 Å². The van der Waals surface area contributed by atoms with E-state index in [1.165, 1.54) is 42.5 Å². The molecule has 1 aromatic heterocycles. The van der Waals surface area contributed by atoms with Crippen LogP contribution in [0, 0.1) is 12.8 Å². The topological polar surface area (TPSA) is 128 Å². The second kappa shape index (κ2) is 12.2. The number of fused-ring (bicyclic) bond motifs is 1. The van der Waals surface area contributed by atoms with Crippen LogP contribution in [0.4, 0.5) is 10.7 Å². The lowest BCUT2D eigenvalue weighted by Crippen LogP contribution is -2.30. The molecule has 4 rings (SSSR count). The Morgan fingerprint density at radius 1 is 1.10 bits per heavy atom. The summed E-state index contributed by atoms with van der Waals surface area (Å²) < 4.78 is 38.8. The molecule has 0 fully saturated rings. The lowest BCUT2D eigenvalue weighted by Gasteiger charge is -2.18. The number of sulfonamides is 1. The molecule has 2 N–H and O–H groups in total. The molecule has 0 unspecified atom stereocenters. The average Bonchev–Trinajstić information content (AvgIpc) is 3.26. The van der Waals surface area contributed by atoms with Crippen LogP contribution in [0.3, 0.4) is 0 Å². The highest BCUT2D eigenvalue weighted by Gasteiger charge is 2.30. The lowest BCUT2D eigenvalue weighted by atomic mass is 9.88. The Balaban J connectivity index is 1.47. The van der Waals surface area contributed by atoms with Gasteiger partial charge in [0.05, 0.1) is 22.6 Å². The highest BCUT2D eigenvalue weighted by molar-refractivity contribution is 7.92. The third-order valence-electron chi connectivity index (χ3n) is 6.56. The van der Waals surface area contributed by atoms with Crippen LogP contribution < -0.4 is 10.0 Å². The Bertz CT molecular complexity index is 1530. The van der Waals surface area contributed by atoms with Gasteiger partial charge in [-0.05, 0) is 81.8 Å². The third-order valence-corrected chi connectivity index (χ3v) is 9.11. The van der Waals surface area contributed by atoms with Gasteiger partial charge in [-0.2, -0.15) is 0 Å². The summed E-state index contributed by atoms with van der Waals surface area (Å²) in [6.07, 6.45) is 1.25. The molecule has 9 nitrogen and oxygen atoms in total. The Morgan fingerprint density at radius 2 is 1.82 bits per heavy atom. The molecule has 1 heterocycles. The van der Waals surface area contributed by atoms with Crippen molar-refractivity contribution in [3.63, 3.8) is 0 Å². The summed E-state index contributed by atoms with van der Waals surface area (Å²) in [5.74, 6) is -1.50. The number of esters is 2. The molecule has 0 saturated heterocycles. The minimum absolute atomic E-state index is 0.0285. The van der Waals surface area contributed by atoms with Gasteiger partial charge in [0.1, 0.15) is 5.00 Å². The van der Waals surface area contributed by atoms with Gasteiger partial charge in [0.2, 0.25) is 0 Å². The number of hydrogen-bond donors (Lipinski definition) is 2. The van der Waals surface area contributed by atoms with Crippen LogP contribution in [0.1, 0.15) is 63.9 Å². The summed E-state index contributed by atoms with van der Waals surface area (Å²) in [4.78, 5) is 39.5. The number of hydrogen-bond acceptors (Lipinski definition) is 8. The number of amides is 1. The van der Waals surface area contributed by atoms with Gasteiger partial charge in [0, 0.05) is 10.6 Å². The number of ether oxygens (including phenoxy) is 2. The summed E-state index contributed by atoms with van der Waals surface area (Å²) in [5, 5.41) is 3.12. The number of rotatable bonds is 9. The van der Waals surface area contributed by atoms with Crippen LogP contribution in [-0.2, 0) is 37.1 Å². The zero-order chi connectivity index (χ0) is 29.0. The van der Waals surface area contributed by atoms with E-state index in [2.05, 4.69) is 17.0 Å². The molecule has 40 heavy (non-hydrogen) atoms. The van der Waals surface area contributed by atoms with E-state index in [4.69, 9.17) is 9.47 Å². The maximum absolute atomic E-state index is 13.0. The SMILES string of the molecule is CCOC(=O)c1c(NC(=O)[C@@H](C)OC(=O)c2cccc(S(=O)(=O)Nc3ccc(C)cc3)c2)sc2c1CC[C@@H](C)C2. The molecular weight excluding hydrogens is 552 g/mol. The molecule has 1 aliphatic rings. The number of benzene rings is 2. The number of nitrogens with one attached hydrogen (secondary N) is 2. The van der Waals surface area contributed by atoms with Crippen LogP contribution in [0.25, 0.3) is 0 Å². The molecule has 0 aliphatic heterocycles. The van der Waals surface area contributed by atoms with Crippen LogP contribution in [0.2, 0.25) is 0 Å². The Kier molecular flexibility index (Phi) is 8.95. The normalized spacial score (nSPS) is 15.4. The maximum Gasteiger partial charge on any atom is 0.341 e. The molecule has 2 aromatic carbocycles. The number of aryl methyl sites for hydroxylation is 1. The van der Waals surface area contributed by atoms with Gasteiger partial charge in [-0.15, -0.1) is 11.3 Å². The first-order valence-electron chi connectivity index (χ1n) is 13.0. The average molecular weight is 585 g/mol. The molecule has 3 aromatic rings. The zero-order valence-electron chi connectivity index (χ0n) is 22.8. The number of carbonyl (C=O) groups excluding carboxylic acids is 3. The van der Waals surface area contributed by atoms with Gasteiger partial charge in [-0.3, -0.25) is 9.52 Å². The minimum atomic E-state index is -3.97. The largest absolute Gasteiger partial charge is 0.462 e. The van der Waals surface area contributed by atoms with E-state index in [0.29, 0.717) is 22.2 Å². The van der Waals surface area contributed by atoms with Gasteiger partial charge in [-0.25, -0.2) is 18.0 Å². The van der Waals surface area contributed by atoms with Crippen LogP contribution in [-0.4, -0.2) is 39.0 Å². The smallest absolute Gasteiger partial charge is 0.341 e. The second-order valence-corrected chi connectivity index (χ2v) is 12.6. The highest BCUT2D eigenvalue weighted by atomic mass is 32.2. The fraction of sp³-hybridized carbons (Fsp3) is 0.345. The fourth-order valence-electron chi connectivity index (χ4n) is 4.38. The van der Waals surface area contributed by atoms with Gasteiger partial charge in [0.15, 0.2) is 6.10 Å². The number of carbonyl (C=O) groups is 3. The van der Waals surface area contributed by atoms with Gasteiger partial charge < -0.3 is 14.8 Å². The Morgan fingerprint density at radius 3 is 2.52 bits per heavy atom. The summed E-state index contributed by atoms with van der Waals surface area (Å²) in [6, 6.07) is 12.2. The second-order valence-electron chi connectivity index (χ2n) is 9.81. The maximum atomic E-state index is 13.0. The van der Waals surface area contributed by atoms with Crippen molar-refractivity contribution in [1.29, 1.82) is 0 Å². The van der Waals surface area contributed by atoms with Crippen molar-refractivity contribution < 1.29 is 32.3 Å². The molecule has 1 amide bonds. The van der Waals surface area contributed by atoms with Gasteiger partial charge in [0.25, 0.3) is 15.9 Å². The van der Waals surface area contributed by atoms with Gasteiger partial charge >= 0.3 is 11.9 Å². The molecule has 0 bridgehead atoms. The van der Waals surface area contributed by atoms with Crippen molar-refractivity contribution in [3.8, 4) is 0 Å². The first-order valence-corrected chi connectivity index (χ1v) is 15.3. The van der Waals surface area contributed by atoms with E-state index in [1.54, 1.807) is 31.2 Å².